The largest absolute Gasteiger partial charge is 0.454 e. The van der Waals surface area contributed by atoms with Crippen molar-refractivity contribution in [2.75, 3.05) is 0 Å². The van der Waals surface area contributed by atoms with Gasteiger partial charge >= 0.3 is 0 Å². The molecule has 2 N–H and O–H groups in total. The monoisotopic (exact) mass is 253 g/mol. The summed E-state index contributed by atoms with van der Waals surface area (Å²) in [7, 11) is 0. The van der Waals surface area contributed by atoms with Gasteiger partial charge in [-0.2, -0.15) is 0 Å². The predicted molar refractivity (Wildman–Crippen MR) is 68.1 cm³/mol. The van der Waals surface area contributed by atoms with Crippen molar-refractivity contribution in [1.29, 1.82) is 0 Å². The normalized spacial score (nSPS) is 9.53. The zero-order chi connectivity index (χ0) is 11.4. The van der Waals surface area contributed by atoms with Gasteiger partial charge in [0.2, 0.25) is 0 Å². The first kappa shape index (κ1) is 13.5. The SMILES string of the molecule is Cl.NCc1cccc(Oc2ccccc2F)c1. The van der Waals surface area contributed by atoms with E-state index in [1.165, 1.54) is 6.07 Å². The van der Waals surface area contributed by atoms with Crippen molar-refractivity contribution in [2.45, 2.75) is 6.54 Å². The average molecular weight is 254 g/mol. The number of ether oxygens (including phenoxy) is 1. The molecule has 0 atom stereocenters. The third-order valence-electron chi connectivity index (χ3n) is 2.20. The fourth-order valence-electron chi connectivity index (χ4n) is 1.39. The summed E-state index contributed by atoms with van der Waals surface area (Å²) in [4.78, 5) is 0. The zero-order valence-corrected chi connectivity index (χ0v) is 9.91. The lowest BCUT2D eigenvalue weighted by atomic mass is 10.2. The highest BCUT2D eigenvalue weighted by molar-refractivity contribution is 5.85. The van der Waals surface area contributed by atoms with Gasteiger partial charge in [0.05, 0.1) is 0 Å². The second kappa shape index (κ2) is 6.23. The molecule has 0 heterocycles. The van der Waals surface area contributed by atoms with Crippen LogP contribution in [-0.4, -0.2) is 0 Å². The molecule has 2 aromatic carbocycles. The molecule has 0 radical (unpaired) electrons. The minimum absolute atomic E-state index is 0. The summed E-state index contributed by atoms with van der Waals surface area (Å²) >= 11 is 0. The molecule has 0 aliphatic carbocycles. The topological polar surface area (TPSA) is 35.2 Å². The summed E-state index contributed by atoms with van der Waals surface area (Å²) in [6.45, 7) is 0.439. The third kappa shape index (κ3) is 3.44. The standard InChI is InChI=1S/C13H12FNO.ClH/c14-12-6-1-2-7-13(12)16-11-5-3-4-10(8-11)9-15;/h1-8H,9,15H2;1H. The molecular weight excluding hydrogens is 241 g/mol. The fraction of sp³-hybridized carbons (Fsp3) is 0.0769. The van der Waals surface area contributed by atoms with E-state index in [1.54, 1.807) is 30.3 Å². The Kier molecular flexibility index (Phi) is 4.94. The van der Waals surface area contributed by atoms with Crippen molar-refractivity contribution in [2.24, 2.45) is 5.73 Å². The van der Waals surface area contributed by atoms with Crippen LogP contribution in [0.25, 0.3) is 0 Å². The second-order valence-electron chi connectivity index (χ2n) is 3.38. The average Bonchev–Trinajstić information content (AvgIpc) is 2.32. The summed E-state index contributed by atoms with van der Waals surface area (Å²) in [6.07, 6.45) is 0. The van der Waals surface area contributed by atoms with E-state index < -0.39 is 0 Å². The van der Waals surface area contributed by atoms with Crippen molar-refractivity contribution < 1.29 is 9.13 Å². The van der Waals surface area contributed by atoms with E-state index in [9.17, 15) is 4.39 Å². The van der Waals surface area contributed by atoms with Crippen LogP contribution in [-0.2, 0) is 6.54 Å². The van der Waals surface area contributed by atoms with Crippen molar-refractivity contribution in [1.82, 2.24) is 0 Å². The van der Waals surface area contributed by atoms with Crippen molar-refractivity contribution in [3.8, 4) is 11.5 Å². The van der Waals surface area contributed by atoms with Crippen molar-refractivity contribution in [3.63, 3.8) is 0 Å². The summed E-state index contributed by atoms with van der Waals surface area (Å²) in [5, 5.41) is 0. The number of rotatable bonds is 3. The van der Waals surface area contributed by atoms with Gasteiger partial charge < -0.3 is 10.5 Å². The van der Waals surface area contributed by atoms with Crippen LogP contribution in [0.3, 0.4) is 0 Å². The van der Waals surface area contributed by atoms with Crippen LogP contribution in [0.4, 0.5) is 4.39 Å². The molecule has 0 unspecified atom stereocenters. The van der Waals surface area contributed by atoms with Gasteiger partial charge in [0.1, 0.15) is 5.75 Å². The van der Waals surface area contributed by atoms with Crippen molar-refractivity contribution >= 4 is 12.4 Å². The van der Waals surface area contributed by atoms with Crippen LogP contribution in [0.15, 0.2) is 48.5 Å². The van der Waals surface area contributed by atoms with Crippen LogP contribution >= 0.6 is 12.4 Å². The Morgan fingerprint density at radius 2 is 1.82 bits per heavy atom. The Hall–Kier alpha value is -1.58. The lowest BCUT2D eigenvalue weighted by Crippen LogP contribution is -1.96. The fourth-order valence-corrected chi connectivity index (χ4v) is 1.39. The van der Waals surface area contributed by atoms with E-state index in [0.29, 0.717) is 12.3 Å². The van der Waals surface area contributed by atoms with Crippen LogP contribution < -0.4 is 10.5 Å². The van der Waals surface area contributed by atoms with Gasteiger partial charge in [-0.1, -0.05) is 24.3 Å². The van der Waals surface area contributed by atoms with Crippen LogP contribution in [0.5, 0.6) is 11.5 Å². The minimum atomic E-state index is -0.374. The van der Waals surface area contributed by atoms with Crippen molar-refractivity contribution in [3.05, 3.63) is 59.9 Å². The molecule has 2 aromatic rings. The first-order chi connectivity index (χ1) is 7.79. The van der Waals surface area contributed by atoms with E-state index in [2.05, 4.69) is 0 Å². The smallest absolute Gasteiger partial charge is 0.165 e. The zero-order valence-electron chi connectivity index (χ0n) is 9.10. The maximum atomic E-state index is 13.3. The highest BCUT2D eigenvalue weighted by atomic mass is 35.5. The molecule has 4 heteroatoms. The summed E-state index contributed by atoms with van der Waals surface area (Å²) in [6, 6.07) is 13.6. The number of nitrogens with two attached hydrogens (primary N) is 1. The lowest BCUT2D eigenvalue weighted by Gasteiger charge is -2.07. The Morgan fingerprint density at radius 3 is 2.53 bits per heavy atom. The minimum Gasteiger partial charge on any atom is -0.454 e. The van der Waals surface area contributed by atoms with E-state index >= 15 is 0 Å². The van der Waals surface area contributed by atoms with Gasteiger partial charge in [-0.3, -0.25) is 0 Å². The predicted octanol–water partition coefficient (Wildman–Crippen LogP) is 3.50. The van der Waals surface area contributed by atoms with Crippen LogP contribution in [0.2, 0.25) is 0 Å². The van der Waals surface area contributed by atoms with E-state index in [4.69, 9.17) is 10.5 Å². The number of para-hydroxylation sites is 1. The van der Waals surface area contributed by atoms with Gasteiger partial charge in [0.15, 0.2) is 11.6 Å². The Bertz CT molecular complexity index is 490. The molecule has 17 heavy (non-hydrogen) atoms. The number of halogens is 2. The summed E-state index contributed by atoms with van der Waals surface area (Å²) < 4.78 is 18.7. The maximum absolute atomic E-state index is 13.3. The Labute approximate surface area is 106 Å². The first-order valence-corrected chi connectivity index (χ1v) is 5.01. The molecule has 0 saturated heterocycles. The molecule has 0 aliphatic heterocycles. The number of hydrogen-bond donors (Lipinski definition) is 1. The Morgan fingerprint density at radius 1 is 1.06 bits per heavy atom. The van der Waals surface area contributed by atoms with Gasteiger partial charge in [-0.15, -0.1) is 12.4 Å². The summed E-state index contributed by atoms with van der Waals surface area (Å²) in [5.74, 6) is 0.436. The molecular formula is C13H13ClFNO. The third-order valence-corrected chi connectivity index (χ3v) is 2.20. The van der Waals surface area contributed by atoms with Gasteiger partial charge in [-0.05, 0) is 29.8 Å². The number of benzene rings is 2. The maximum Gasteiger partial charge on any atom is 0.165 e. The molecule has 2 nitrogen and oxygen atoms in total. The quantitative estimate of drug-likeness (QED) is 0.909. The van der Waals surface area contributed by atoms with Gasteiger partial charge in [-0.25, -0.2) is 4.39 Å². The molecule has 0 aromatic heterocycles. The highest BCUT2D eigenvalue weighted by Gasteiger charge is 2.03. The molecule has 0 spiro atoms. The number of hydrogen-bond acceptors (Lipinski definition) is 2. The van der Waals surface area contributed by atoms with E-state index in [1.807, 2.05) is 12.1 Å². The van der Waals surface area contributed by atoms with E-state index in [0.717, 1.165) is 5.56 Å². The molecule has 0 amide bonds. The molecule has 0 aliphatic rings. The molecule has 0 fully saturated rings. The molecule has 0 saturated carbocycles. The molecule has 90 valence electrons. The van der Waals surface area contributed by atoms with Gasteiger partial charge in [0.25, 0.3) is 0 Å². The first-order valence-electron chi connectivity index (χ1n) is 5.01. The van der Waals surface area contributed by atoms with Crippen LogP contribution in [0, 0.1) is 5.82 Å². The van der Waals surface area contributed by atoms with E-state index in [-0.39, 0.29) is 24.0 Å². The summed E-state index contributed by atoms with van der Waals surface area (Å²) in [5.41, 5.74) is 6.46. The Balaban J connectivity index is 0.00000144. The highest BCUT2D eigenvalue weighted by Crippen LogP contribution is 2.24. The second-order valence-corrected chi connectivity index (χ2v) is 3.38. The molecule has 0 bridgehead atoms. The lowest BCUT2D eigenvalue weighted by molar-refractivity contribution is 0.442. The molecule has 2 rings (SSSR count). The van der Waals surface area contributed by atoms with Crippen LogP contribution in [0.1, 0.15) is 5.56 Å². The van der Waals surface area contributed by atoms with Gasteiger partial charge in [0, 0.05) is 6.54 Å².